The molecule has 0 spiro atoms. The third-order valence-corrected chi connectivity index (χ3v) is 4.89. The number of hydrogen-bond acceptors (Lipinski definition) is 4. The molecule has 0 unspecified atom stereocenters. The van der Waals surface area contributed by atoms with Gasteiger partial charge in [-0.15, -0.1) is 0 Å². The molecule has 0 fully saturated rings. The molecule has 0 aliphatic heterocycles. The van der Waals surface area contributed by atoms with E-state index in [2.05, 4.69) is 15.8 Å². The van der Waals surface area contributed by atoms with Crippen molar-refractivity contribution in [3.05, 3.63) is 108 Å². The summed E-state index contributed by atoms with van der Waals surface area (Å²) in [4.78, 5) is 24.4. The molecule has 0 bridgehead atoms. The first-order chi connectivity index (χ1) is 16.1. The van der Waals surface area contributed by atoms with Crippen LogP contribution in [0.15, 0.2) is 96.2 Å². The number of nitrogens with one attached hydrogen (secondary N) is 2. The predicted octanol–water partition coefficient (Wildman–Crippen LogP) is 3.73. The predicted molar refractivity (Wildman–Crippen MR) is 128 cm³/mol. The highest BCUT2D eigenvalue weighted by molar-refractivity contribution is 5.96. The molecule has 7 nitrogen and oxygen atoms in total. The van der Waals surface area contributed by atoms with Gasteiger partial charge in [-0.05, 0) is 31.2 Å². The van der Waals surface area contributed by atoms with E-state index < -0.39 is 5.91 Å². The quantitative estimate of drug-likeness (QED) is 0.341. The molecule has 1 heterocycles. The number of benzene rings is 3. The molecular weight excluding hydrogens is 414 g/mol. The lowest BCUT2D eigenvalue weighted by atomic mass is 10.1. The van der Waals surface area contributed by atoms with Gasteiger partial charge < -0.3 is 5.32 Å². The Hall–Kier alpha value is -4.52. The lowest BCUT2D eigenvalue weighted by molar-refractivity contribution is -0.120. The van der Waals surface area contributed by atoms with Crippen molar-refractivity contribution in [2.75, 3.05) is 6.54 Å². The fourth-order valence-corrected chi connectivity index (χ4v) is 3.28. The van der Waals surface area contributed by atoms with Crippen LogP contribution in [0.1, 0.15) is 21.5 Å². The molecule has 4 aromatic rings. The Morgan fingerprint density at radius 3 is 2.42 bits per heavy atom. The molecule has 0 aliphatic carbocycles. The van der Waals surface area contributed by atoms with E-state index in [0.717, 1.165) is 28.1 Å². The van der Waals surface area contributed by atoms with Crippen LogP contribution in [0.25, 0.3) is 16.9 Å². The third kappa shape index (κ3) is 5.59. The molecule has 2 N–H and O–H groups in total. The fraction of sp³-hybridized carbons (Fsp3) is 0.0769. The number of carbonyl (C=O) groups is 2. The summed E-state index contributed by atoms with van der Waals surface area (Å²) in [7, 11) is 0. The van der Waals surface area contributed by atoms with Gasteiger partial charge in [-0.3, -0.25) is 9.59 Å². The molecule has 0 radical (unpaired) electrons. The van der Waals surface area contributed by atoms with Gasteiger partial charge in [0.05, 0.1) is 18.4 Å². The number of amides is 2. The van der Waals surface area contributed by atoms with Crippen LogP contribution in [0.2, 0.25) is 0 Å². The average Bonchev–Trinajstić information content (AvgIpc) is 3.28. The highest BCUT2D eigenvalue weighted by Crippen LogP contribution is 2.22. The Morgan fingerprint density at radius 2 is 1.70 bits per heavy atom. The van der Waals surface area contributed by atoms with Crippen molar-refractivity contribution in [3.8, 4) is 16.9 Å². The normalized spacial score (nSPS) is 10.8. The van der Waals surface area contributed by atoms with Gasteiger partial charge in [-0.2, -0.15) is 10.2 Å². The molecule has 4 rings (SSSR count). The Labute approximate surface area is 191 Å². The highest BCUT2D eigenvalue weighted by Gasteiger charge is 2.11. The van der Waals surface area contributed by atoms with Crippen LogP contribution in [0.5, 0.6) is 0 Å². The van der Waals surface area contributed by atoms with Crippen molar-refractivity contribution < 1.29 is 9.59 Å². The van der Waals surface area contributed by atoms with Gasteiger partial charge in [0.1, 0.15) is 5.69 Å². The molecule has 0 aliphatic rings. The molecule has 0 saturated carbocycles. The molecule has 33 heavy (non-hydrogen) atoms. The van der Waals surface area contributed by atoms with E-state index in [1.54, 1.807) is 29.1 Å². The van der Waals surface area contributed by atoms with Crippen LogP contribution < -0.4 is 10.7 Å². The first-order valence-electron chi connectivity index (χ1n) is 10.5. The monoisotopic (exact) mass is 437 g/mol. The summed E-state index contributed by atoms with van der Waals surface area (Å²) in [5.74, 6) is -0.739. The van der Waals surface area contributed by atoms with Crippen molar-refractivity contribution in [2.24, 2.45) is 5.10 Å². The van der Waals surface area contributed by atoms with Gasteiger partial charge in [0.2, 0.25) is 0 Å². The Morgan fingerprint density at radius 1 is 0.970 bits per heavy atom. The number of nitrogens with zero attached hydrogens (tertiary/aromatic N) is 3. The van der Waals surface area contributed by atoms with Gasteiger partial charge in [0.25, 0.3) is 11.8 Å². The summed E-state index contributed by atoms with van der Waals surface area (Å²) in [5, 5.41) is 11.4. The van der Waals surface area contributed by atoms with Crippen LogP contribution in [0.3, 0.4) is 0 Å². The Bertz CT molecular complexity index is 1280. The molecule has 0 atom stereocenters. The number of aromatic nitrogens is 2. The van der Waals surface area contributed by atoms with Crippen molar-refractivity contribution in [1.29, 1.82) is 0 Å². The van der Waals surface area contributed by atoms with Crippen LogP contribution in [-0.2, 0) is 4.79 Å². The first kappa shape index (κ1) is 21.7. The topological polar surface area (TPSA) is 88.4 Å². The molecular formula is C26H23N5O2. The number of aryl methyl sites for hydroxylation is 1. The lowest BCUT2D eigenvalue weighted by Crippen LogP contribution is -2.34. The second-order valence-electron chi connectivity index (χ2n) is 7.42. The van der Waals surface area contributed by atoms with Crippen molar-refractivity contribution in [3.63, 3.8) is 0 Å². The number of para-hydroxylation sites is 1. The second kappa shape index (κ2) is 10.2. The molecule has 3 aromatic carbocycles. The van der Waals surface area contributed by atoms with E-state index in [4.69, 9.17) is 5.10 Å². The van der Waals surface area contributed by atoms with Crippen molar-refractivity contribution in [1.82, 2.24) is 20.5 Å². The summed E-state index contributed by atoms with van der Waals surface area (Å²) >= 11 is 0. The van der Waals surface area contributed by atoms with Gasteiger partial charge >= 0.3 is 0 Å². The summed E-state index contributed by atoms with van der Waals surface area (Å²) in [6, 6.07) is 26.7. The van der Waals surface area contributed by atoms with Gasteiger partial charge in [0.15, 0.2) is 0 Å². The standard InChI is InChI=1S/C26H23N5O2/c1-19-9-8-12-21(15-19)26(33)27-17-24(32)29-28-16-22-18-31(23-13-6-3-7-14-23)30-25(22)20-10-4-2-5-11-20/h2-16,18H,17H2,1H3,(H,27,33)(H,29,32)/b28-16-. The number of hydrazone groups is 1. The summed E-state index contributed by atoms with van der Waals surface area (Å²) in [6.07, 6.45) is 3.40. The fourth-order valence-electron chi connectivity index (χ4n) is 3.28. The lowest BCUT2D eigenvalue weighted by Gasteiger charge is -2.05. The van der Waals surface area contributed by atoms with Gasteiger partial charge in [0, 0.05) is 22.9 Å². The van der Waals surface area contributed by atoms with Crippen molar-refractivity contribution in [2.45, 2.75) is 6.92 Å². The molecule has 0 saturated heterocycles. The van der Waals surface area contributed by atoms with E-state index in [1.165, 1.54) is 0 Å². The van der Waals surface area contributed by atoms with E-state index in [1.807, 2.05) is 79.9 Å². The number of carbonyl (C=O) groups excluding carboxylic acids is 2. The average molecular weight is 438 g/mol. The minimum Gasteiger partial charge on any atom is -0.343 e. The van der Waals surface area contributed by atoms with Crippen LogP contribution in [-0.4, -0.2) is 34.4 Å². The van der Waals surface area contributed by atoms with Gasteiger partial charge in [-0.1, -0.05) is 66.2 Å². The summed E-state index contributed by atoms with van der Waals surface area (Å²) in [6.45, 7) is 1.72. The van der Waals surface area contributed by atoms with Gasteiger partial charge in [-0.25, -0.2) is 10.1 Å². The maximum Gasteiger partial charge on any atom is 0.259 e. The highest BCUT2D eigenvalue weighted by atomic mass is 16.2. The van der Waals surface area contributed by atoms with E-state index in [0.29, 0.717) is 5.56 Å². The zero-order chi connectivity index (χ0) is 23.0. The van der Waals surface area contributed by atoms with Crippen LogP contribution in [0.4, 0.5) is 0 Å². The second-order valence-corrected chi connectivity index (χ2v) is 7.42. The largest absolute Gasteiger partial charge is 0.343 e. The molecule has 164 valence electrons. The summed E-state index contributed by atoms with van der Waals surface area (Å²) in [5.41, 5.74) is 7.27. The molecule has 1 aromatic heterocycles. The summed E-state index contributed by atoms with van der Waals surface area (Å²) < 4.78 is 1.77. The molecule has 7 heteroatoms. The minimum atomic E-state index is -0.427. The number of rotatable bonds is 7. The zero-order valence-corrected chi connectivity index (χ0v) is 18.1. The molecule has 2 amide bonds. The first-order valence-corrected chi connectivity index (χ1v) is 10.5. The van der Waals surface area contributed by atoms with E-state index in [-0.39, 0.29) is 12.5 Å². The van der Waals surface area contributed by atoms with E-state index >= 15 is 0 Å². The Kier molecular flexibility index (Phi) is 6.70. The van der Waals surface area contributed by atoms with Crippen LogP contribution in [0, 0.1) is 6.92 Å². The van der Waals surface area contributed by atoms with E-state index in [9.17, 15) is 9.59 Å². The van der Waals surface area contributed by atoms with Crippen LogP contribution >= 0.6 is 0 Å². The minimum absolute atomic E-state index is 0.182. The maximum absolute atomic E-state index is 12.2. The zero-order valence-electron chi connectivity index (χ0n) is 18.1. The smallest absolute Gasteiger partial charge is 0.259 e. The SMILES string of the molecule is Cc1cccc(C(=O)NCC(=O)N/N=C\c2cn(-c3ccccc3)nc2-c2ccccc2)c1. The maximum atomic E-state index is 12.2. The third-order valence-electron chi connectivity index (χ3n) is 4.89. The Balaban J connectivity index is 1.44. The number of hydrogen-bond donors (Lipinski definition) is 2. The van der Waals surface area contributed by atoms with Crippen molar-refractivity contribution >= 4 is 18.0 Å².